The molecule has 1 atom stereocenters. The van der Waals surface area contributed by atoms with E-state index in [-0.39, 0.29) is 11.9 Å². The number of hydrogen-bond acceptors (Lipinski definition) is 1. The first-order valence-corrected chi connectivity index (χ1v) is 7.09. The van der Waals surface area contributed by atoms with Gasteiger partial charge in [0.05, 0.1) is 0 Å². The highest BCUT2D eigenvalue weighted by molar-refractivity contribution is 9.10. The lowest BCUT2D eigenvalue weighted by molar-refractivity contribution is 0.571. The van der Waals surface area contributed by atoms with Crippen LogP contribution < -0.4 is 5.32 Å². The summed E-state index contributed by atoms with van der Waals surface area (Å²) in [6.45, 7) is 4.93. The molecular formula is C16H17BrFN. The smallest absolute Gasteiger partial charge is 0.124 e. The van der Waals surface area contributed by atoms with Gasteiger partial charge in [-0.25, -0.2) is 4.39 Å². The highest BCUT2D eigenvalue weighted by atomic mass is 79.9. The van der Waals surface area contributed by atoms with Gasteiger partial charge in [0, 0.05) is 17.1 Å². The minimum Gasteiger partial charge on any atom is -0.306 e. The van der Waals surface area contributed by atoms with Crippen LogP contribution in [0.15, 0.2) is 46.9 Å². The van der Waals surface area contributed by atoms with E-state index < -0.39 is 0 Å². The molecule has 0 aliphatic rings. The average Bonchev–Trinajstić information content (AvgIpc) is 2.37. The van der Waals surface area contributed by atoms with Gasteiger partial charge in [-0.05, 0) is 37.1 Å². The Morgan fingerprint density at radius 2 is 2.00 bits per heavy atom. The molecular weight excluding hydrogens is 305 g/mol. The van der Waals surface area contributed by atoms with Gasteiger partial charge in [0.15, 0.2) is 0 Å². The van der Waals surface area contributed by atoms with E-state index in [2.05, 4.69) is 59.4 Å². The predicted octanol–water partition coefficient (Wildman–Crippen LogP) is 4.75. The molecule has 0 saturated carbocycles. The van der Waals surface area contributed by atoms with E-state index in [0.29, 0.717) is 6.54 Å². The van der Waals surface area contributed by atoms with Gasteiger partial charge in [-0.1, -0.05) is 51.8 Å². The molecule has 1 nitrogen and oxygen atoms in total. The van der Waals surface area contributed by atoms with Crippen molar-refractivity contribution in [3.63, 3.8) is 0 Å². The van der Waals surface area contributed by atoms with Crippen LogP contribution in [0.3, 0.4) is 0 Å². The number of halogens is 2. The number of hydrogen-bond donors (Lipinski definition) is 1. The van der Waals surface area contributed by atoms with Crippen LogP contribution in [0.1, 0.15) is 29.7 Å². The summed E-state index contributed by atoms with van der Waals surface area (Å²) < 4.78 is 13.8. The van der Waals surface area contributed by atoms with Crippen LogP contribution in [0.2, 0.25) is 0 Å². The fourth-order valence-corrected chi connectivity index (χ4v) is 2.48. The largest absolute Gasteiger partial charge is 0.306 e. The topological polar surface area (TPSA) is 12.0 Å². The van der Waals surface area contributed by atoms with E-state index >= 15 is 0 Å². The molecule has 100 valence electrons. The Morgan fingerprint density at radius 3 is 2.68 bits per heavy atom. The molecule has 0 bridgehead atoms. The quantitative estimate of drug-likeness (QED) is 0.857. The molecule has 0 heterocycles. The third-order valence-corrected chi connectivity index (χ3v) is 3.89. The maximum atomic E-state index is 13.0. The highest BCUT2D eigenvalue weighted by Crippen LogP contribution is 2.20. The SMILES string of the molecule is Cc1cccc([C@H](C)NCc2ccc(F)cc2Br)c1. The molecule has 0 saturated heterocycles. The molecule has 0 amide bonds. The van der Waals surface area contributed by atoms with Crippen molar-refractivity contribution in [3.8, 4) is 0 Å². The molecule has 0 aromatic heterocycles. The van der Waals surface area contributed by atoms with Crippen molar-refractivity contribution in [1.29, 1.82) is 0 Å². The van der Waals surface area contributed by atoms with Crippen molar-refractivity contribution in [1.82, 2.24) is 5.32 Å². The van der Waals surface area contributed by atoms with Crippen molar-refractivity contribution >= 4 is 15.9 Å². The fourth-order valence-electron chi connectivity index (χ4n) is 1.99. The Bertz CT molecular complexity index is 568. The number of nitrogens with one attached hydrogen (secondary N) is 1. The second-order valence-corrected chi connectivity index (χ2v) is 5.61. The molecule has 2 aromatic rings. The second kappa shape index (κ2) is 6.31. The lowest BCUT2D eigenvalue weighted by Gasteiger charge is -2.15. The van der Waals surface area contributed by atoms with Crippen LogP contribution in [0, 0.1) is 12.7 Å². The van der Waals surface area contributed by atoms with Gasteiger partial charge in [0.1, 0.15) is 5.82 Å². The molecule has 0 spiro atoms. The summed E-state index contributed by atoms with van der Waals surface area (Å²) in [6, 6.07) is 13.5. The molecule has 3 heteroatoms. The number of aryl methyl sites for hydroxylation is 1. The summed E-state index contributed by atoms with van der Waals surface area (Å²) in [6.07, 6.45) is 0. The molecule has 1 N–H and O–H groups in total. The lowest BCUT2D eigenvalue weighted by Crippen LogP contribution is -2.18. The van der Waals surface area contributed by atoms with E-state index in [0.717, 1.165) is 10.0 Å². The molecule has 0 fully saturated rings. The second-order valence-electron chi connectivity index (χ2n) is 4.75. The highest BCUT2D eigenvalue weighted by Gasteiger charge is 2.07. The summed E-state index contributed by atoms with van der Waals surface area (Å²) in [4.78, 5) is 0. The monoisotopic (exact) mass is 321 g/mol. The van der Waals surface area contributed by atoms with Crippen molar-refractivity contribution < 1.29 is 4.39 Å². The van der Waals surface area contributed by atoms with E-state index in [1.165, 1.54) is 23.3 Å². The van der Waals surface area contributed by atoms with Gasteiger partial charge in [0.2, 0.25) is 0 Å². The molecule has 19 heavy (non-hydrogen) atoms. The zero-order valence-electron chi connectivity index (χ0n) is 11.1. The van der Waals surface area contributed by atoms with Gasteiger partial charge in [-0.3, -0.25) is 0 Å². The average molecular weight is 322 g/mol. The third-order valence-electron chi connectivity index (χ3n) is 3.16. The maximum absolute atomic E-state index is 13.0. The number of benzene rings is 2. The minimum absolute atomic E-state index is 0.220. The first kappa shape index (κ1) is 14.2. The maximum Gasteiger partial charge on any atom is 0.124 e. The van der Waals surface area contributed by atoms with Crippen LogP contribution in [-0.4, -0.2) is 0 Å². The lowest BCUT2D eigenvalue weighted by atomic mass is 10.1. The van der Waals surface area contributed by atoms with Crippen LogP contribution in [0.25, 0.3) is 0 Å². The first-order valence-electron chi connectivity index (χ1n) is 6.30. The Balaban J connectivity index is 2.02. The van der Waals surface area contributed by atoms with E-state index in [9.17, 15) is 4.39 Å². The van der Waals surface area contributed by atoms with Crippen LogP contribution >= 0.6 is 15.9 Å². The summed E-state index contributed by atoms with van der Waals surface area (Å²) >= 11 is 3.39. The Labute approximate surface area is 122 Å². The molecule has 2 rings (SSSR count). The summed E-state index contributed by atoms with van der Waals surface area (Å²) in [5, 5.41) is 3.45. The van der Waals surface area contributed by atoms with Crippen molar-refractivity contribution in [2.75, 3.05) is 0 Å². The summed E-state index contributed by atoms with van der Waals surface area (Å²) in [7, 11) is 0. The van der Waals surface area contributed by atoms with E-state index in [4.69, 9.17) is 0 Å². The molecule has 0 aliphatic carbocycles. The van der Waals surface area contributed by atoms with Gasteiger partial charge in [-0.15, -0.1) is 0 Å². The number of rotatable bonds is 4. The van der Waals surface area contributed by atoms with E-state index in [1.807, 2.05) is 0 Å². The fraction of sp³-hybridized carbons (Fsp3) is 0.250. The summed E-state index contributed by atoms with van der Waals surface area (Å²) in [5.74, 6) is -0.220. The Morgan fingerprint density at radius 1 is 1.21 bits per heavy atom. The van der Waals surface area contributed by atoms with Crippen molar-refractivity contribution in [2.45, 2.75) is 26.4 Å². The van der Waals surface area contributed by atoms with Crippen LogP contribution in [0.4, 0.5) is 4.39 Å². The normalized spacial score (nSPS) is 12.4. The zero-order valence-corrected chi connectivity index (χ0v) is 12.7. The minimum atomic E-state index is -0.220. The zero-order chi connectivity index (χ0) is 13.8. The standard InChI is InChI=1S/C16H17BrFN/c1-11-4-3-5-13(8-11)12(2)19-10-14-6-7-15(18)9-16(14)17/h3-9,12,19H,10H2,1-2H3/t12-/m0/s1. The van der Waals surface area contributed by atoms with Gasteiger partial charge < -0.3 is 5.32 Å². The third kappa shape index (κ3) is 3.88. The first-order chi connectivity index (χ1) is 9.06. The predicted molar refractivity (Wildman–Crippen MR) is 80.5 cm³/mol. The van der Waals surface area contributed by atoms with Crippen molar-refractivity contribution in [2.24, 2.45) is 0 Å². The Hall–Kier alpha value is -1.19. The van der Waals surface area contributed by atoms with Gasteiger partial charge in [-0.2, -0.15) is 0 Å². The molecule has 0 radical (unpaired) electrons. The molecule has 0 aliphatic heterocycles. The Kier molecular flexibility index (Phi) is 4.72. The summed E-state index contributed by atoms with van der Waals surface area (Å²) in [5.41, 5.74) is 3.58. The van der Waals surface area contributed by atoms with Gasteiger partial charge in [0.25, 0.3) is 0 Å². The van der Waals surface area contributed by atoms with Crippen LogP contribution in [-0.2, 0) is 6.54 Å². The van der Waals surface area contributed by atoms with E-state index in [1.54, 1.807) is 6.07 Å². The van der Waals surface area contributed by atoms with Crippen molar-refractivity contribution in [3.05, 3.63) is 69.4 Å². The van der Waals surface area contributed by atoms with Crippen LogP contribution in [0.5, 0.6) is 0 Å². The molecule has 2 aromatic carbocycles. The van der Waals surface area contributed by atoms with Gasteiger partial charge >= 0.3 is 0 Å². The molecule has 0 unspecified atom stereocenters.